The Bertz CT molecular complexity index is 284. The smallest absolute Gasteiger partial charge is 0.317 e. The van der Waals surface area contributed by atoms with E-state index in [2.05, 4.69) is 5.32 Å². The van der Waals surface area contributed by atoms with Gasteiger partial charge in [0.1, 0.15) is 0 Å². The number of ether oxygens (including phenoxy) is 1. The summed E-state index contributed by atoms with van der Waals surface area (Å²) in [5, 5.41) is 11.5. The van der Waals surface area contributed by atoms with Crippen molar-refractivity contribution in [1.82, 2.24) is 10.2 Å². The van der Waals surface area contributed by atoms with Gasteiger partial charge in [-0.05, 0) is 32.6 Å². The first-order chi connectivity index (χ1) is 9.51. The van der Waals surface area contributed by atoms with Crippen molar-refractivity contribution in [3.05, 3.63) is 0 Å². The highest BCUT2D eigenvalue weighted by atomic mass is 16.5. The van der Waals surface area contributed by atoms with Gasteiger partial charge in [-0.15, -0.1) is 0 Å². The molecule has 0 heterocycles. The van der Waals surface area contributed by atoms with Crippen LogP contribution in [0, 0.1) is 5.92 Å². The van der Waals surface area contributed by atoms with Gasteiger partial charge in [-0.2, -0.15) is 0 Å². The lowest BCUT2D eigenvalue weighted by Crippen LogP contribution is -2.42. The van der Waals surface area contributed by atoms with E-state index >= 15 is 0 Å². The maximum Gasteiger partial charge on any atom is 0.317 e. The van der Waals surface area contributed by atoms with Crippen molar-refractivity contribution < 1.29 is 19.4 Å². The summed E-state index contributed by atoms with van der Waals surface area (Å²) in [4.78, 5) is 24.0. The van der Waals surface area contributed by atoms with Gasteiger partial charge in [0, 0.05) is 32.7 Å². The highest BCUT2D eigenvalue weighted by Gasteiger charge is 2.11. The Labute approximate surface area is 121 Å². The summed E-state index contributed by atoms with van der Waals surface area (Å²) in [5.41, 5.74) is 0. The molecule has 0 aliphatic carbocycles. The molecule has 0 aliphatic heterocycles. The van der Waals surface area contributed by atoms with Crippen LogP contribution in [0.15, 0.2) is 0 Å². The van der Waals surface area contributed by atoms with Crippen molar-refractivity contribution in [2.75, 3.05) is 32.8 Å². The maximum absolute atomic E-state index is 11.9. The van der Waals surface area contributed by atoms with Gasteiger partial charge >= 0.3 is 12.0 Å². The van der Waals surface area contributed by atoms with E-state index in [1.807, 2.05) is 20.8 Å². The number of carbonyl (C=O) groups excluding carboxylic acids is 1. The molecule has 0 saturated carbocycles. The molecule has 0 saturated heterocycles. The van der Waals surface area contributed by atoms with Crippen LogP contribution in [-0.2, 0) is 9.53 Å². The topological polar surface area (TPSA) is 78.9 Å². The van der Waals surface area contributed by atoms with Crippen molar-refractivity contribution in [2.24, 2.45) is 5.92 Å². The van der Waals surface area contributed by atoms with E-state index in [-0.39, 0.29) is 12.5 Å². The number of carboxylic acid groups (broad SMARTS) is 1. The fraction of sp³-hybridized carbons (Fsp3) is 0.857. The molecule has 0 spiro atoms. The molecular weight excluding hydrogens is 260 g/mol. The number of hydrogen-bond acceptors (Lipinski definition) is 3. The molecule has 0 rings (SSSR count). The second-order valence-electron chi connectivity index (χ2n) is 4.83. The molecule has 2 N–H and O–H groups in total. The van der Waals surface area contributed by atoms with E-state index in [9.17, 15) is 9.59 Å². The molecule has 0 aromatic heterocycles. The fourth-order valence-electron chi connectivity index (χ4n) is 1.77. The average Bonchev–Trinajstić information content (AvgIpc) is 2.41. The molecule has 0 aromatic carbocycles. The third kappa shape index (κ3) is 9.61. The molecule has 2 amide bonds. The number of nitrogens with zero attached hydrogens (tertiary/aromatic N) is 1. The van der Waals surface area contributed by atoms with Crippen LogP contribution in [0.3, 0.4) is 0 Å². The van der Waals surface area contributed by atoms with E-state index in [1.54, 1.807) is 4.90 Å². The molecule has 6 heteroatoms. The second kappa shape index (κ2) is 11.5. The predicted octanol–water partition coefficient (Wildman–Crippen LogP) is 1.95. The monoisotopic (exact) mass is 288 g/mol. The SMILES string of the molecule is CCOCCN(CC)C(=O)NCCC(C)CCC(=O)O. The van der Waals surface area contributed by atoms with E-state index in [0.717, 1.165) is 6.42 Å². The van der Waals surface area contributed by atoms with Gasteiger partial charge in [-0.3, -0.25) is 4.79 Å². The van der Waals surface area contributed by atoms with Crippen molar-refractivity contribution in [3.63, 3.8) is 0 Å². The molecule has 0 aliphatic rings. The third-order valence-corrected chi connectivity index (χ3v) is 3.14. The summed E-state index contributed by atoms with van der Waals surface area (Å²) in [7, 11) is 0. The lowest BCUT2D eigenvalue weighted by Gasteiger charge is -2.21. The second-order valence-corrected chi connectivity index (χ2v) is 4.83. The van der Waals surface area contributed by atoms with Gasteiger partial charge in [0.15, 0.2) is 0 Å². The van der Waals surface area contributed by atoms with Crippen LogP contribution in [0.5, 0.6) is 0 Å². The third-order valence-electron chi connectivity index (χ3n) is 3.14. The Kier molecular flexibility index (Phi) is 10.8. The van der Waals surface area contributed by atoms with Gasteiger partial charge in [-0.1, -0.05) is 6.92 Å². The van der Waals surface area contributed by atoms with Gasteiger partial charge in [-0.25, -0.2) is 4.79 Å². The Morgan fingerprint density at radius 3 is 2.55 bits per heavy atom. The highest BCUT2D eigenvalue weighted by Crippen LogP contribution is 2.09. The van der Waals surface area contributed by atoms with Crippen LogP contribution in [-0.4, -0.2) is 54.9 Å². The number of hydrogen-bond donors (Lipinski definition) is 2. The number of nitrogens with one attached hydrogen (secondary N) is 1. The van der Waals surface area contributed by atoms with Crippen molar-refractivity contribution in [2.45, 2.75) is 40.0 Å². The Morgan fingerprint density at radius 2 is 2.00 bits per heavy atom. The molecule has 1 unspecified atom stereocenters. The Morgan fingerprint density at radius 1 is 1.30 bits per heavy atom. The van der Waals surface area contributed by atoms with Crippen molar-refractivity contribution in [3.8, 4) is 0 Å². The minimum Gasteiger partial charge on any atom is -0.481 e. The molecule has 1 atom stereocenters. The van der Waals surface area contributed by atoms with E-state index in [4.69, 9.17) is 9.84 Å². The van der Waals surface area contributed by atoms with Crippen LogP contribution < -0.4 is 5.32 Å². The zero-order chi connectivity index (χ0) is 15.4. The predicted molar refractivity (Wildman–Crippen MR) is 77.8 cm³/mol. The fourth-order valence-corrected chi connectivity index (χ4v) is 1.77. The molecular formula is C14H28N2O4. The van der Waals surface area contributed by atoms with E-state index < -0.39 is 5.97 Å². The normalized spacial score (nSPS) is 11.9. The van der Waals surface area contributed by atoms with E-state index in [1.165, 1.54) is 0 Å². The average molecular weight is 288 g/mol. The minimum atomic E-state index is -0.769. The van der Waals surface area contributed by atoms with Crippen LogP contribution in [0.25, 0.3) is 0 Å². The lowest BCUT2D eigenvalue weighted by molar-refractivity contribution is -0.137. The molecule has 0 radical (unpaired) electrons. The van der Waals surface area contributed by atoms with Crippen LogP contribution >= 0.6 is 0 Å². The molecule has 20 heavy (non-hydrogen) atoms. The summed E-state index contributed by atoms with van der Waals surface area (Å²) in [6.07, 6.45) is 1.62. The summed E-state index contributed by atoms with van der Waals surface area (Å²) in [6.45, 7) is 8.87. The van der Waals surface area contributed by atoms with E-state index in [0.29, 0.717) is 45.2 Å². The van der Waals surface area contributed by atoms with Gasteiger partial charge < -0.3 is 20.1 Å². The van der Waals surface area contributed by atoms with Crippen LogP contribution in [0.1, 0.15) is 40.0 Å². The largest absolute Gasteiger partial charge is 0.481 e. The first-order valence-corrected chi connectivity index (χ1v) is 7.33. The van der Waals surface area contributed by atoms with Crippen molar-refractivity contribution in [1.29, 1.82) is 0 Å². The highest BCUT2D eigenvalue weighted by molar-refractivity contribution is 5.74. The number of carboxylic acids is 1. The summed E-state index contributed by atoms with van der Waals surface area (Å²) in [5.74, 6) is -0.473. The summed E-state index contributed by atoms with van der Waals surface area (Å²) in [6, 6.07) is -0.0855. The lowest BCUT2D eigenvalue weighted by atomic mass is 10.0. The zero-order valence-electron chi connectivity index (χ0n) is 12.9. The van der Waals surface area contributed by atoms with Gasteiger partial charge in [0.2, 0.25) is 0 Å². The van der Waals surface area contributed by atoms with Crippen LogP contribution in [0.4, 0.5) is 4.79 Å². The number of aliphatic carboxylic acids is 1. The van der Waals surface area contributed by atoms with Gasteiger partial charge in [0.05, 0.1) is 6.61 Å². The zero-order valence-corrected chi connectivity index (χ0v) is 12.9. The number of rotatable bonds is 11. The Balaban J connectivity index is 3.80. The number of carbonyl (C=O) groups is 2. The first kappa shape index (κ1) is 18.7. The number of amides is 2. The van der Waals surface area contributed by atoms with Crippen LogP contribution in [0.2, 0.25) is 0 Å². The molecule has 0 fully saturated rings. The maximum atomic E-state index is 11.9. The molecule has 118 valence electrons. The Hall–Kier alpha value is -1.30. The number of urea groups is 1. The summed E-state index contributed by atoms with van der Waals surface area (Å²) >= 11 is 0. The first-order valence-electron chi connectivity index (χ1n) is 7.33. The standard InChI is InChI=1S/C14H28N2O4/c1-4-16(10-11-20-5-2)14(19)15-9-8-12(3)6-7-13(17)18/h12H,4-11H2,1-3H3,(H,15,19)(H,17,18). The molecule has 6 nitrogen and oxygen atoms in total. The summed E-state index contributed by atoms with van der Waals surface area (Å²) < 4.78 is 5.24. The van der Waals surface area contributed by atoms with Gasteiger partial charge in [0.25, 0.3) is 0 Å². The number of likely N-dealkylation sites (N-methyl/N-ethyl adjacent to an activating group) is 1. The molecule has 0 bridgehead atoms. The minimum absolute atomic E-state index is 0.0855. The van der Waals surface area contributed by atoms with Crippen molar-refractivity contribution >= 4 is 12.0 Å². The quantitative estimate of drug-likeness (QED) is 0.570. The molecule has 0 aromatic rings.